The molecule has 1 aliphatic heterocycles. The van der Waals surface area contributed by atoms with Crippen molar-refractivity contribution in [1.29, 1.82) is 0 Å². The Labute approximate surface area is 177 Å². The number of hydrogen-bond donors (Lipinski definition) is 2. The summed E-state index contributed by atoms with van der Waals surface area (Å²) in [7, 11) is 0. The highest BCUT2D eigenvalue weighted by molar-refractivity contribution is 5.86. The number of nitrogens with zero attached hydrogens (tertiary/aromatic N) is 4. The number of hydrazone groups is 1. The van der Waals surface area contributed by atoms with E-state index in [1.165, 1.54) is 36.5 Å². The molecule has 2 N–H and O–H groups in total. The monoisotopic (exact) mass is 427 g/mol. The number of carbonyl (C=O) groups excluding carboxylic acids is 1. The summed E-state index contributed by atoms with van der Waals surface area (Å²) >= 11 is 0. The van der Waals surface area contributed by atoms with E-state index in [1.807, 2.05) is 0 Å². The number of likely N-dealkylation sites (tertiary alicyclic amines) is 1. The fourth-order valence-corrected chi connectivity index (χ4v) is 3.35. The van der Waals surface area contributed by atoms with Crippen molar-refractivity contribution in [2.45, 2.75) is 19.4 Å². The van der Waals surface area contributed by atoms with Crippen LogP contribution in [0.4, 0.5) is 11.4 Å². The number of phenolic OH excluding ortho intramolecular Hbond substituents is 1. The van der Waals surface area contributed by atoms with Crippen molar-refractivity contribution in [1.82, 2.24) is 10.3 Å². The predicted octanol–water partition coefficient (Wildman–Crippen LogP) is 2.57. The van der Waals surface area contributed by atoms with E-state index in [4.69, 9.17) is 0 Å². The summed E-state index contributed by atoms with van der Waals surface area (Å²) in [5.41, 5.74) is 3.39. The molecule has 0 saturated carbocycles. The summed E-state index contributed by atoms with van der Waals surface area (Å²) in [5.74, 6) is -0.650. The lowest BCUT2D eigenvalue weighted by atomic mass is 9.96. The lowest BCUT2D eigenvalue weighted by Crippen LogP contribution is -2.39. The van der Waals surface area contributed by atoms with Crippen LogP contribution in [0.3, 0.4) is 0 Å². The normalized spacial score (nSPS) is 15.1. The van der Waals surface area contributed by atoms with E-state index in [0.717, 1.165) is 5.56 Å². The summed E-state index contributed by atoms with van der Waals surface area (Å²) < 4.78 is 0. The lowest BCUT2D eigenvalue weighted by molar-refractivity contribution is -0.385. The van der Waals surface area contributed by atoms with Crippen molar-refractivity contribution in [3.63, 3.8) is 0 Å². The third-order valence-electron chi connectivity index (χ3n) is 5.11. The molecule has 0 aliphatic carbocycles. The van der Waals surface area contributed by atoms with E-state index >= 15 is 0 Å². The first-order valence-electron chi connectivity index (χ1n) is 9.59. The van der Waals surface area contributed by atoms with Gasteiger partial charge in [0.1, 0.15) is 5.75 Å². The van der Waals surface area contributed by atoms with Crippen LogP contribution in [0.1, 0.15) is 24.0 Å². The molecule has 31 heavy (non-hydrogen) atoms. The van der Waals surface area contributed by atoms with Gasteiger partial charge in [-0.25, -0.2) is 5.43 Å². The van der Waals surface area contributed by atoms with Gasteiger partial charge in [0.2, 0.25) is 5.91 Å². The highest BCUT2D eigenvalue weighted by Crippen LogP contribution is 2.22. The van der Waals surface area contributed by atoms with E-state index < -0.39 is 9.85 Å². The summed E-state index contributed by atoms with van der Waals surface area (Å²) in [6.45, 7) is 2.05. The van der Waals surface area contributed by atoms with Gasteiger partial charge in [0, 0.05) is 42.3 Å². The molecule has 0 atom stereocenters. The van der Waals surface area contributed by atoms with Crippen LogP contribution in [-0.4, -0.2) is 45.1 Å². The number of aromatic hydroxyl groups is 1. The molecule has 162 valence electrons. The number of carbonyl (C=O) groups is 1. The number of non-ortho nitro benzene ring substituents is 2. The van der Waals surface area contributed by atoms with Crippen LogP contribution >= 0.6 is 0 Å². The first kappa shape index (κ1) is 21.8. The average Bonchev–Trinajstić information content (AvgIpc) is 2.75. The van der Waals surface area contributed by atoms with E-state index in [9.17, 15) is 30.1 Å². The van der Waals surface area contributed by atoms with Gasteiger partial charge in [0.15, 0.2) is 0 Å². The molecule has 2 aromatic rings. The molecule has 0 radical (unpaired) electrons. The van der Waals surface area contributed by atoms with Gasteiger partial charge in [-0.15, -0.1) is 0 Å². The molecule has 1 fully saturated rings. The molecule has 3 rings (SSSR count). The molecule has 1 saturated heterocycles. The van der Waals surface area contributed by atoms with Gasteiger partial charge in [-0.05, 0) is 37.6 Å². The fraction of sp³-hybridized carbons (Fsp3) is 0.300. The van der Waals surface area contributed by atoms with Crippen LogP contribution in [0.15, 0.2) is 47.6 Å². The number of nitrogens with one attached hydrogen (secondary N) is 1. The van der Waals surface area contributed by atoms with Crippen LogP contribution in [0.5, 0.6) is 5.75 Å². The highest BCUT2D eigenvalue weighted by Gasteiger charge is 2.25. The molecule has 0 spiro atoms. The van der Waals surface area contributed by atoms with E-state index in [2.05, 4.69) is 15.4 Å². The van der Waals surface area contributed by atoms with Crippen molar-refractivity contribution >= 4 is 23.5 Å². The predicted molar refractivity (Wildman–Crippen MR) is 112 cm³/mol. The minimum absolute atomic E-state index is 0.0538. The molecule has 0 aromatic heterocycles. The fourth-order valence-electron chi connectivity index (χ4n) is 3.35. The maximum atomic E-state index is 12.3. The van der Waals surface area contributed by atoms with Crippen LogP contribution in [0.25, 0.3) is 0 Å². The third-order valence-corrected chi connectivity index (χ3v) is 5.11. The Morgan fingerprint density at radius 1 is 1.10 bits per heavy atom. The molecule has 11 nitrogen and oxygen atoms in total. The topological polar surface area (TPSA) is 151 Å². The Morgan fingerprint density at radius 2 is 1.71 bits per heavy atom. The lowest BCUT2D eigenvalue weighted by Gasteiger charge is -2.30. The zero-order valence-electron chi connectivity index (χ0n) is 16.5. The number of hydrogen-bond acceptors (Lipinski definition) is 8. The van der Waals surface area contributed by atoms with Gasteiger partial charge < -0.3 is 5.11 Å². The third kappa shape index (κ3) is 5.82. The second-order valence-electron chi connectivity index (χ2n) is 7.21. The van der Waals surface area contributed by atoms with Crippen molar-refractivity contribution < 1.29 is 19.7 Å². The van der Waals surface area contributed by atoms with Crippen LogP contribution < -0.4 is 5.43 Å². The first-order valence-corrected chi connectivity index (χ1v) is 9.59. The SMILES string of the molecule is O=C(NN=Cc1cc([N+](=O)[O-])ccc1O)C1CCN(Cc2ccc([N+](=O)[O-])cc2)CC1. The molecule has 0 bridgehead atoms. The van der Waals surface area contributed by atoms with Crippen molar-refractivity contribution in [3.05, 3.63) is 73.8 Å². The Kier molecular flexibility index (Phi) is 6.88. The van der Waals surface area contributed by atoms with Gasteiger partial charge in [-0.3, -0.25) is 29.9 Å². The van der Waals surface area contributed by atoms with Gasteiger partial charge in [-0.2, -0.15) is 5.10 Å². The number of nitro benzene ring substituents is 2. The number of piperidine rings is 1. The molecule has 1 heterocycles. The number of rotatable bonds is 7. The molecule has 1 amide bonds. The van der Waals surface area contributed by atoms with Gasteiger partial charge >= 0.3 is 0 Å². The number of benzene rings is 2. The van der Waals surface area contributed by atoms with E-state index in [1.54, 1.807) is 12.1 Å². The average molecular weight is 427 g/mol. The van der Waals surface area contributed by atoms with E-state index in [0.29, 0.717) is 32.5 Å². The first-order chi connectivity index (χ1) is 14.8. The summed E-state index contributed by atoms with van der Waals surface area (Å²) in [5, 5.41) is 35.1. The molecular weight excluding hydrogens is 406 g/mol. The van der Waals surface area contributed by atoms with Crippen molar-refractivity contribution in [3.8, 4) is 5.75 Å². The van der Waals surface area contributed by atoms with Crippen molar-refractivity contribution in [2.75, 3.05) is 13.1 Å². The summed E-state index contributed by atoms with van der Waals surface area (Å²) in [4.78, 5) is 35.0. The maximum Gasteiger partial charge on any atom is 0.270 e. The van der Waals surface area contributed by atoms with E-state index in [-0.39, 0.29) is 34.5 Å². The van der Waals surface area contributed by atoms with Gasteiger partial charge in [0.25, 0.3) is 11.4 Å². The Hall–Kier alpha value is -3.86. The van der Waals surface area contributed by atoms with Crippen LogP contribution in [0, 0.1) is 26.1 Å². The zero-order valence-corrected chi connectivity index (χ0v) is 16.5. The zero-order chi connectivity index (χ0) is 22.4. The second kappa shape index (κ2) is 9.76. The van der Waals surface area contributed by atoms with Crippen LogP contribution in [-0.2, 0) is 11.3 Å². The van der Waals surface area contributed by atoms with Gasteiger partial charge in [0.05, 0.1) is 16.1 Å². The smallest absolute Gasteiger partial charge is 0.270 e. The quantitative estimate of drug-likeness (QED) is 0.391. The Bertz CT molecular complexity index is 1000. The second-order valence-corrected chi connectivity index (χ2v) is 7.21. The minimum Gasteiger partial charge on any atom is -0.507 e. The van der Waals surface area contributed by atoms with Crippen molar-refractivity contribution in [2.24, 2.45) is 11.0 Å². The number of amides is 1. The molecule has 0 unspecified atom stereocenters. The maximum absolute atomic E-state index is 12.3. The Balaban J connectivity index is 1.48. The largest absolute Gasteiger partial charge is 0.507 e. The molecule has 1 aliphatic rings. The summed E-state index contributed by atoms with van der Waals surface area (Å²) in [6, 6.07) is 9.96. The Morgan fingerprint density at radius 3 is 2.32 bits per heavy atom. The number of nitro groups is 2. The standard InChI is InChI=1S/C20H21N5O6/c26-19-6-5-18(25(30)31)11-16(19)12-21-22-20(27)15-7-9-23(10-8-15)13-14-1-3-17(4-2-14)24(28)29/h1-6,11-12,15,26H,7-10,13H2,(H,22,27). The molecule has 11 heteroatoms. The molecular formula is C20H21N5O6. The van der Waals surface area contributed by atoms with Crippen LogP contribution in [0.2, 0.25) is 0 Å². The number of phenols is 1. The minimum atomic E-state index is -0.584. The summed E-state index contributed by atoms with van der Waals surface area (Å²) in [6.07, 6.45) is 2.44. The molecule has 2 aromatic carbocycles. The highest BCUT2D eigenvalue weighted by atomic mass is 16.6. The van der Waals surface area contributed by atoms with Gasteiger partial charge in [-0.1, -0.05) is 12.1 Å².